The van der Waals surface area contributed by atoms with Crippen LogP contribution >= 0.6 is 0 Å². The zero-order valence-electron chi connectivity index (χ0n) is 10.5. The molecule has 0 bridgehead atoms. The third-order valence-electron chi connectivity index (χ3n) is 2.48. The van der Waals surface area contributed by atoms with Gasteiger partial charge in [0.25, 0.3) is 0 Å². The molecule has 0 amide bonds. The Hall–Kier alpha value is -1.86. The number of epoxide rings is 1. The lowest BCUT2D eigenvalue weighted by atomic mass is 10.2. The molecule has 98 valence electrons. The van der Waals surface area contributed by atoms with E-state index in [2.05, 4.69) is 15.5 Å². The van der Waals surface area contributed by atoms with Gasteiger partial charge in [-0.05, 0) is 6.92 Å². The number of nitrogens with one attached hydrogen (secondary N) is 1. The van der Waals surface area contributed by atoms with E-state index in [-0.39, 0.29) is 6.10 Å². The van der Waals surface area contributed by atoms with Crippen molar-refractivity contribution in [3.05, 3.63) is 17.8 Å². The summed E-state index contributed by atoms with van der Waals surface area (Å²) in [5.74, 6) is 7.07. The van der Waals surface area contributed by atoms with E-state index in [9.17, 15) is 0 Å². The molecule has 1 aliphatic rings. The highest BCUT2D eigenvalue weighted by Gasteiger charge is 2.28. The third-order valence-corrected chi connectivity index (χ3v) is 2.48. The summed E-state index contributed by atoms with van der Waals surface area (Å²) >= 11 is 0. The Kier molecular flexibility index (Phi) is 3.96. The minimum atomic E-state index is 0.100. The van der Waals surface area contributed by atoms with E-state index in [1.54, 1.807) is 19.4 Å². The number of methoxy groups -OCH3 is 1. The van der Waals surface area contributed by atoms with Crippen LogP contribution in [-0.4, -0.2) is 31.6 Å². The molecule has 18 heavy (non-hydrogen) atoms. The van der Waals surface area contributed by atoms with Crippen LogP contribution in [0.15, 0.2) is 17.4 Å². The smallest absolute Gasteiger partial charge is 0.151 e. The number of nitrogens with zero attached hydrogens (tertiary/aromatic N) is 3. The molecule has 3 N–H and O–H groups in total. The molecule has 1 atom stereocenters. The molecule has 0 unspecified atom stereocenters. The average Bonchev–Trinajstić information content (AvgIpc) is 3.22. The van der Waals surface area contributed by atoms with Gasteiger partial charge in [-0.3, -0.25) is 0 Å². The number of rotatable bonds is 6. The Balaban J connectivity index is 2.13. The van der Waals surface area contributed by atoms with E-state index in [1.165, 1.54) is 11.3 Å². The Labute approximate surface area is 106 Å². The number of nitrogens with two attached hydrogens (primary N) is 1. The molecule has 0 radical (unpaired) electrons. The Bertz CT molecular complexity index is 433. The molecule has 1 aromatic rings. The van der Waals surface area contributed by atoms with Crippen molar-refractivity contribution >= 4 is 12.2 Å². The van der Waals surface area contributed by atoms with Crippen molar-refractivity contribution < 1.29 is 9.47 Å². The van der Waals surface area contributed by atoms with Crippen molar-refractivity contribution in [2.24, 2.45) is 10.9 Å². The third kappa shape index (κ3) is 2.88. The Morgan fingerprint density at radius 1 is 1.78 bits per heavy atom. The molecule has 0 saturated carbocycles. The molecule has 0 aromatic carbocycles. The molecule has 7 heteroatoms. The lowest BCUT2D eigenvalue weighted by molar-refractivity contribution is 0.382. The summed E-state index contributed by atoms with van der Waals surface area (Å²) in [5, 5.41) is 5.23. The summed E-state index contributed by atoms with van der Waals surface area (Å²) in [6, 6.07) is 1.76. The van der Waals surface area contributed by atoms with Gasteiger partial charge in [-0.2, -0.15) is 5.10 Å². The number of hydrogen-bond donors (Lipinski definition) is 2. The molecule has 7 nitrogen and oxygen atoms in total. The van der Waals surface area contributed by atoms with Crippen molar-refractivity contribution in [2.45, 2.75) is 13.0 Å². The molecular formula is C11H17N5O2. The minimum absolute atomic E-state index is 0.100. The van der Waals surface area contributed by atoms with Crippen LogP contribution in [0.1, 0.15) is 18.6 Å². The number of anilines is 1. The van der Waals surface area contributed by atoms with Crippen LogP contribution in [-0.2, 0) is 4.74 Å². The van der Waals surface area contributed by atoms with Gasteiger partial charge in [-0.1, -0.05) is 0 Å². The fourth-order valence-corrected chi connectivity index (χ4v) is 1.48. The van der Waals surface area contributed by atoms with Crippen LogP contribution in [0.4, 0.5) is 5.82 Å². The van der Waals surface area contributed by atoms with Gasteiger partial charge < -0.3 is 14.9 Å². The summed E-state index contributed by atoms with van der Waals surface area (Å²) in [6.45, 7) is 3.40. The standard InChI is InChI=1S/C11H17N5O2/c1-3-14-15-7-16(12)11-4-9(17-2)8(5-13-11)10-6-18-10/h4-5,7,10,14H,3,6,12H2,1-2H3/b15-7-/t10-/m1/s1. The number of aromatic nitrogens is 1. The van der Waals surface area contributed by atoms with Crippen LogP contribution in [0, 0.1) is 0 Å². The number of ether oxygens (including phenoxy) is 2. The second-order valence-corrected chi connectivity index (χ2v) is 3.77. The molecule has 1 aliphatic heterocycles. The van der Waals surface area contributed by atoms with Gasteiger partial charge in [0, 0.05) is 24.4 Å². The first-order chi connectivity index (χ1) is 8.76. The quantitative estimate of drug-likeness (QED) is 0.250. The monoisotopic (exact) mass is 251 g/mol. The van der Waals surface area contributed by atoms with Gasteiger partial charge in [0.15, 0.2) is 5.82 Å². The fourth-order valence-electron chi connectivity index (χ4n) is 1.48. The topological polar surface area (TPSA) is 88.3 Å². The Morgan fingerprint density at radius 3 is 3.17 bits per heavy atom. The second-order valence-electron chi connectivity index (χ2n) is 3.77. The molecule has 1 fully saturated rings. The van der Waals surface area contributed by atoms with E-state index in [4.69, 9.17) is 15.3 Å². The number of hydrazine groups is 1. The molecule has 2 heterocycles. The lowest BCUT2D eigenvalue weighted by Crippen LogP contribution is -2.31. The van der Waals surface area contributed by atoms with Gasteiger partial charge >= 0.3 is 0 Å². The van der Waals surface area contributed by atoms with Gasteiger partial charge in [0.05, 0.1) is 13.7 Å². The maximum absolute atomic E-state index is 5.80. The SMILES string of the molecule is CCN/N=C\N(N)c1cc(OC)c([C@H]2CO2)cn1. The van der Waals surface area contributed by atoms with E-state index >= 15 is 0 Å². The predicted octanol–water partition coefficient (Wildman–Crippen LogP) is 0.394. The first-order valence-electron chi connectivity index (χ1n) is 5.71. The van der Waals surface area contributed by atoms with E-state index < -0.39 is 0 Å². The highest BCUT2D eigenvalue weighted by molar-refractivity contribution is 5.75. The summed E-state index contributed by atoms with van der Waals surface area (Å²) in [7, 11) is 1.61. The number of hydrogen-bond acceptors (Lipinski definition) is 6. The highest BCUT2D eigenvalue weighted by atomic mass is 16.6. The molecular weight excluding hydrogens is 234 g/mol. The Morgan fingerprint density at radius 2 is 2.56 bits per heavy atom. The van der Waals surface area contributed by atoms with Crippen molar-refractivity contribution in [3.8, 4) is 5.75 Å². The van der Waals surface area contributed by atoms with Crippen LogP contribution in [0.25, 0.3) is 0 Å². The molecule has 1 saturated heterocycles. The number of pyridine rings is 1. The second kappa shape index (κ2) is 5.65. The van der Waals surface area contributed by atoms with Crippen molar-refractivity contribution in [3.63, 3.8) is 0 Å². The van der Waals surface area contributed by atoms with Gasteiger partial charge in [-0.15, -0.1) is 0 Å². The zero-order chi connectivity index (χ0) is 13.0. The average molecular weight is 251 g/mol. The van der Waals surface area contributed by atoms with E-state index in [0.717, 1.165) is 17.9 Å². The van der Waals surface area contributed by atoms with Crippen LogP contribution < -0.4 is 21.0 Å². The fraction of sp³-hybridized carbons (Fsp3) is 0.455. The van der Waals surface area contributed by atoms with E-state index in [0.29, 0.717) is 12.4 Å². The summed E-state index contributed by atoms with van der Waals surface area (Å²) in [6.07, 6.45) is 3.27. The van der Waals surface area contributed by atoms with Crippen molar-refractivity contribution in [1.82, 2.24) is 10.4 Å². The molecule has 1 aromatic heterocycles. The molecule has 0 aliphatic carbocycles. The van der Waals surface area contributed by atoms with Gasteiger partial charge in [0.1, 0.15) is 18.2 Å². The van der Waals surface area contributed by atoms with Gasteiger partial charge in [0.2, 0.25) is 0 Å². The van der Waals surface area contributed by atoms with Gasteiger partial charge in [-0.25, -0.2) is 15.8 Å². The summed E-state index contributed by atoms with van der Waals surface area (Å²) in [5.41, 5.74) is 3.73. The predicted molar refractivity (Wildman–Crippen MR) is 68.3 cm³/mol. The van der Waals surface area contributed by atoms with E-state index in [1.807, 2.05) is 6.92 Å². The maximum Gasteiger partial charge on any atom is 0.151 e. The molecule has 2 rings (SSSR count). The molecule has 0 spiro atoms. The first kappa shape index (κ1) is 12.6. The van der Waals surface area contributed by atoms with Crippen LogP contribution in [0.2, 0.25) is 0 Å². The van der Waals surface area contributed by atoms with Crippen molar-refractivity contribution in [2.75, 3.05) is 25.3 Å². The largest absolute Gasteiger partial charge is 0.496 e. The van der Waals surface area contributed by atoms with Crippen LogP contribution in [0.5, 0.6) is 5.75 Å². The number of hydrazone groups is 1. The summed E-state index contributed by atoms with van der Waals surface area (Å²) < 4.78 is 10.5. The lowest BCUT2D eigenvalue weighted by Gasteiger charge is -2.14. The van der Waals surface area contributed by atoms with Crippen molar-refractivity contribution in [1.29, 1.82) is 0 Å². The zero-order valence-corrected chi connectivity index (χ0v) is 10.5. The van der Waals surface area contributed by atoms with Crippen LogP contribution in [0.3, 0.4) is 0 Å². The summed E-state index contributed by atoms with van der Waals surface area (Å²) in [4.78, 5) is 4.25. The minimum Gasteiger partial charge on any atom is -0.496 e. The highest BCUT2D eigenvalue weighted by Crippen LogP contribution is 2.36. The first-order valence-corrected chi connectivity index (χ1v) is 5.71. The maximum atomic E-state index is 5.80. The normalized spacial score (nSPS) is 17.8.